The summed E-state index contributed by atoms with van der Waals surface area (Å²) in [5.74, 6) is -0.159. The second-order valence-corrected chi connectivity index (χ2v) is 30.4. The first-order chi connectivity index (χ1) is 56.2. The Bertz CT molecular complexity index is 4960. The monoisotopic (exact) mass is 1830 g/mol. The van der Waals surface area contributed by atoms with E-state index in [-0.39, 0.29) is 150 Å². The molecule has 0 radical (unpaired) electrons. The number of nitrogens with zero attached hydrogens (tertiary/aromatic N) is 6. The first-order valence-electron chi connectivity index (χ1n) is 36.3. The van der Waals surface area contributed by atoms with E-state index in [1.165, 1.54) is 91.9 Å². The number of aldehydes is 1. The third-order valence-corrected chi connectivity index (χ3v) is 21.3. The van der Waals surface area contributed by atoms with Gasteiger partial charge in [-0.25, -0.2) is 35.9 Å². The minimum atomic E-state index is -0.620. The summed E-state index contributed by atoms with van der Waals surface area (Å²) >= 11 is 43.5. The van der Waals surface area contributed by atoms with Crippen molar-refractivity contribution in [3.05, 3.63) is 268 Å². The maximum Gasteiger partial charge on any atom is 0.410 e. The molecule has 4 heterocycles. The van der Waals surface area contributed by atoms with Gasteiger partial charge in [-0.2, -0.15) is 0 Å². The van der Waals surface area contributed by atoms with Crippen molar-refractivity contribution in [2.24, 2.45) is 22.1 Å². The lowest BCUT2D eigenvalue weighted by Crippen LogP contribution is -2.41. The number of rotatable bonds is 18. The van der Waals surface area contributed by atoms with E-state index in [4.69, 9.17) is 115 Å². The number of alkyl halides is 1. The van der Waals surface area contributed by atoms with Gasteiger partial charge in [0.25, 0.3) is 0 Å². The second kappa shape index (κ2) is 45.3. The second-order valence-electron chi connectivity index (χ2n) is 27.0. The molecule has 626 valence electrons. The van der Waals surface area contributed by atoms with Crippen molar-refractivity contribution < 1.29 is 94.0 Å². The highest BCUT2D eigenvalue weighted by atomic mass is 79.9. The van der Waals surface area contributed by atoms with Crippen molar-refractivity contribution >= 4 is 138 Å². The minimum Gasteiger partial charge on any atom is -0.462 e. The standard InChI is InChI=1S/C15H13ClFNO3.C14H17NO3.C13H10BrClFNO.C13H11ClFNO2.C7H4Cl2FNO.C7H5ClFNO.C7H4ClFO.C7H10O2.CH3/c1-2-20-15(19)12-13(18-21-14(12)8-6-7-8)11-9(16)4-3-5-10(11)17;16-13-7-12-6-11(13)8-15(12)14(17)18-9-10-4-2-1-3-5-10;14-6-8-12(17-18-13(8)7-4-5-7)11-9(15)2-1-3-10(11)16;14-9-2-1-3-10(15)11(9)12-8(6-17)13(18-16-12)7-4-5-7;8-4-2-1-3-5(10)6(4)7(9)11-12;8-6-2-1-3-7(9)5(6)4-10-11;8-6-2-1-3-7(9)5(6)4-10;1-5(8)4-7(9)6-2-3-6;/h3-5,8H,2,6-7H2,1H3;1-5,11-13,16H,6-9H2;1-3,7H,4-6H2;1-3,7,17H,4-6H2;1-3,12H;1-4,11H;1-4H;6H,2-4H2,1H3;1H3/q;;;;;;;;-1/b;;;;11-7-;10-4+;;;/t;11-,12-,13+;;;;;;;/m.0......./s1. The Balaban J connectivity index is 0.000000171. The van der Waals surface area contributed by atoms with Gasteiger partial charge in [0.1, 0.15) is 87.2 Å². The SMILES string of the molecule is CC(=O)CC(=O)C1CC1.CCOC(=O)c1c(-c2c(F)cccc2Cl)noc1C1CC1.Fc1cccc(Cl)c1-c1noc(C2CC2)c1CBr.O/N=C(\Cl)c1c(F)cccc1Cl.O/N=C/c1c(F)cccc1Cl.O=C(OCc1ccccc1)N1C[C@@H]2C[C@H]1C[C@H]2O.O=Cc1c(F)cccc1Cl.OCc1c(-c2c(F)cccc2Cl)noc1C1CC1.[CH3-]. The molecule has 4 N–H and O–H groups in total. The van der Waals surface area contributed by atoms with Gasteiger partial charge in [0, 0.05) is 58.6 Å². The zero-order chi connectivity index (χ0) is 84.7. The third kappa shape index (κ3) is 25.5. The summed E-state index contributed by atoms with van der Waals surface area (Å²) in [7, 11) is 0. The summed E-state index contributed by atoms with van der Waals surface area (Å²) in [6.45, 7) is 4.11. The smallest absolute Gasteiger partial charge is 0.410 e. The molecule has 118 heavy (non-hydrogen) atoms. The highest BCUT2D eigenvalue weighted by molar-refractivity contribution is 9.08. The van der Waals surface area contributed by atoms with Crippen LogP contribution in [0.4, 0.5) is 31.1 Å². The summed E-state index contributed by atoms with van der Waals surface area (Å²) < 4.78 is 106. The van der Waals surface area contributed by atoms with Gasteiger partial charge in [-0.05, 0) is 156 Å². The maximum atomic E-state index is 14.1. The number of ketones is 2. The molecule has 5 saturated carbocycles. The number of Topliss-reactive ketones (excluding diaryl/α,β-unsaturated/α-hetero) is 2. The molecular formula is C84H77BrCl7F6N6O14-. The van der Waals surface area contributed by atoms with Gasteiger partial charge in [0.15, 0.2) is 17.2 Å². The van der Waals surface area contributed by atoms with Crippen LogP contribution >= 0.6 is 97.1 Å². The molecule has 1 saturated heterocycles. The normalized spacial score (nSPS) is 16.0. The van der Waals surface area contributed by atoms with Gasteiger partial charge in [-0.15, -0.1) is 0 Å². The summed E-state index contributed by atoms with van der Waals surface area (Å²) in [4.78, 5) is 57.2. The number of benzene rings is 7. The number of hydrogen-bond donors (Lipinski definition) is 4. The minimum absolute atomic E-state index is 0. The van der Waals surface area contributed by atoms with Crippen LogP contribution in [0.25, 0.3) is 33.8 Å². The first-order valence-corrected chi connectivity index (χ1v) is 40.1. The number of likely N-dealkylation sites (tertiary alicyclic amines) is 1. The number of aliphatic hydroxyl groups is 2. The van der Waals surface area contributed by atoms with Gasteiger partial charge in [0.2, 0.25) is 0 Å². The van der Waals surface area contributed by atoms with E-state index in [1.807, 2.05) is 30.3 Å². The van der Waals surface area contributed by atoms with Gasteiger partial charge in [0.05, 0.1) is 95.5 Å². The number of halogens is 14. The molecule has 3 aromatic heterocycles. The van der Waals surface area contributed by atoms with Crippen molar-refractivity contribution in [3.8, 4) is 33.8 Å². The molecule has 10 aromatic rings. The average molecular weight is 1840 g/mol. The summed E-state index contributed by atoms with van der Waals surface area (Å²) in [6, 6.07) is 35.6. The highest BCUT2D eigenvalue weighted by Gasteiger charge is 2.47. The Morgan fingerprint density at radius 1 is 0.568 bits per heavy atom. The number of esters is 1. The molecular weight excluding hydrogens is 1760 g/mol. The van der Waals surface area contributed by atoms with Crippen LogP contribution in [0.3, 0.4) is 0 Å². The molecule has 0 spiro atoms. The molecule has 2 bridgehead atoms. The number of piperidine rings is 1. The quantitative estimate of drug-likeness (QED) is 0.00714. The van der Waals surface area contributed by atoms with E-state index < -0.39 is 35.1 Å². The van der Waals surface area contributed by atoms with Crippen LogP contribution < -0.4 is 0 Å². The Morgan fingerprint density at radius 2 is 1.02 bits per heavy atom. The Labute approximate surface area is 718 Å². The molecule has 20 nitrogen and oxygen atoms in total. The van der Waals surface area contributed by atoms with Gasteiger partial charge >= 0.3 is 12.1 Å². The maximum absolute atomic E-state index is 14.1. The number of amides is 1. The molecule has 34 heteroatoms. The highest BCUT2D eigenvalue weighted by Crippen LogP contribution is 2.49. The van der Waals surface area contributed by atoms with Crippen LogP contribution in [0.15, 0.2) is 163 Å². The van der Waals surface area contributed by atoms with Crippen LogP contribution in [-0.4, -0.2) is 108 Å². The number of carbonyl (C=O) groups excluding carboxylic acids is 5. The van der Waals surface area contributed by atoms with Gasteiger partial charge < -0.3 is 56.0 Å². The first kappa shape index (κ1) is 94.4. The van der Waals surface area contributed by atoms with Crippen molar-refractivity contribution in [1.82, 2.24) is 20.4 Å². The molecule has 7 aromatic carbocycles. The number of oxime groups is 2. The molecule has 3 atom stereocenters. The summed E-state index contributed by atoms with van der Waals surface area (Å²) in [6.07, 6.45) is 10.8. The van der Waals surface area contributed by atoms with Gasteiger partial charge in [-0.1, -0.05) is 190 Å². The van der Waals surface area contributed by atoms with Crippen molar-refractivity contribution in [1.29, 1.82) is 0 Å². The fourth-order valence-electron chi connectivity index (χ4n) is 12.1. The van der Waals surface area contributed by atoms with E-state index in [2.05, 4.69) is 41.7 Å². The van der Waals surface area contributed by atoms with Crippen LogP contribution in [-0.2, 0) is 37.6 Å². The fourth-order valence-corrected chi connectivity index (χ4v) is 14.3. The molecule has 5 aliphatic carbocycles. The van der Waals surface area contributed by atoms with E-state index in [9.17, 15) is 60.5 Å². The lowest BCUT2D eigenvalue weighted by atomic mass is 10.0. The van der Waals surface area contributed by atoms with Crippen molar-refractivity contribution in [3.63, 3.8) is 0 Å². The number of hydrogen-bond acceptors (Lipinski definition) is 19. The predicted octanol–water partition coefficient (Wildman–Crippen LogP) is 23.2. The summed E-state index contributed by atoms with van der Waals surface area (Å²) in [5.41, 5.74) is 4.07. The van der Waals surface area contributed by atoms with Crippen LogP contribution in [0.2, 0.25) is 30.1 Å². The molecule has 1 amide bonds. The molecule has 6 aliphatic rings. The number of ether oxygens (including phenoxy) is 2. The zero-order valence-corrected chi connectivity index (χ0v) is 70.0. The lowest BCUT2D eigenvalue weighted by Gasteiger charge is -2.28. The molecule has 0 unspecified atom stereocenters. The molecule has 16 rings (SSSR count). The molecule has 6 fully saturated rings. The lowest BCUT2D eigenvalue weighted by molar-refractivity contribution is -0.126. The van der Waals surface area contributed by atoms with Crippen molar-refractivity contribution in [2.45, 2.75) is 133 Å². The molecule has 1 aliphatic heterocycles. The third-order valence-electron chi connectivity index (χ3n) is 18.5. The number of carbonyl (C=O) groups is 5. The zero-order valence-electron chi connectivity index (χ0n) is 63.1. The topological polar surface area (TPSA) is 291 Å². The Hall–Kier alpha value is -9.13. The van der Waals surface area contributed by atoms with Crippen LogP contribution in [0.1, 0.15) is 168 Å². The van der Waals surface area contributed by atoms with Crippen LogP contribution in [0, 0.1) is 54.2 Å². The van der Waals surface area contributed by atoms with E-state index in [0.717, 1.165) is 80.9 Å². The largest absolute Gasteiger partial charge is 0.462 e. The Kier molecular flexibility index (Phi) is 36.2. The number of aromatic nitrogens is 3. The Morgan fingerprint density at radius 3 is 1.42 bits per heavy atom. The van der Waals surface area contributed by atoms with Gasteiger partial charge in [-0.3, -0.25) is 14.4 Å². The average Bonchev–Trinajstić information content (AvgIpc) is 1.65. The number of aliphatic hydroxyl groups excluding tert-OH is 2. The predicted molar refractivity (Wildman–Crippen MR) is 440 cm³/mol. The van der Waals surface area contributed by atoms with E-state index in [1.54, 1.807) is 36.1 Å². The van der Waals surface area contributed by atoms with Crippen molar-refractivity contribution in [2.75, 3.05) is 13.2 Å². The fraction of sp³-hybridized carbons (Fsp3) is 0.298. The van der Waals surface area contributed by atoms with E-state index >= 15 is 0 Å². The number of fused-ring (bicyclic) bond motifs is 2. The van der Waals surface area contributed by atoms with E-state index in [0.29, 0.717) is 82.1 Å². The van der Waals surface area contributed by atoms with Crippen LogP contribution in [0.5, 0.6) is 0 Å². The summed E-state index contributed by atoms with van der Waals surface area (Å²) in [5, 5.41) is 54.1.